The van der Waals surface area contributed by atoms with Crippen LogP contribution in [0.3, 0.4) is 0 Å². The number of rotatable bonds is 9. The topological polar surface area (TPSA) is 18.5 Å². The van der Waals surface area contributed by atoms with Crippen LogP contribution < -0.4 is 9.47 Å². The van der Waals surface area contributed by atoms with Crippen molar-refractivity contribution in [1.29, 1.82) is 0 Å². The Bertz CT molecular complexity index is 1040. The lowest BCUT2D eigenvalue weighted by Gasteiger charge is -2.22. The largest absolute Gasteiger partial charge is 0.429 e. The third kappa shape index (κ3) is 6.77. The molecule has 1 unspecified atom stereocenters. The molecule has 2 aromatic carbocycles. The van der Waals surface area contributed by atoms with Crippen LogP contribution in [0.15, 0.2) is 60.7 Å². The number of allylic oxidation sites excluding steroid dienone is 2. The Kier molecular flexibility index (Phi) is 7.94. The summed E-state index contributed by atoms with van der Waals surface area (Å²) in [7, 11) is 0. The Morgan fingerprint density at radius 2 is 1.74 bits per heavy atom. The second kappa shape index (κ2) is 10.5. The van der Waals surface area contributed by atoms with Gasteiger partial charge in [0.1, 0.15) is 5.75 Å². The Labute approximate surface area is 192 Å². The lowest BCUT2D eigenvalue weighted by atomic mass is 9.84. The highest BCUT2D eigenvalue weighted by molar-refractivity contribution is 5.66. The number of alkyl halides is 4. The summed E-state index contributed by atoms with van der Waals surface area (Å²) in [6.07, 6.45) is -4.55. The zero-order valence-corrected chi connectivity index (χ0v) is 18.3. The van der Waals surface area contributed by atoms with E-state index in [1.807, 2.05) is 0 Å². The molecular weight excluding hydrogens is 465 g/mol. The molecule has 2 aromatic rings. The predicted molar refractivity (Wildman–Crippen MR) is 113 cm³/mol. The molecule has 184 valence electrons. The molecular formula is C25H23F7O2. The second-order valence-corrected chi connectivity index (χ2v) is 8.04. The van der Waals surface area contributed by atoms with E-state index in [2.05, 4.69) is 22.5 Å². The second-order valence-electron chi connectivity index (χ2n) is 8.04. The molecule has 0 N–H and O–H groups in total. The Hall–Kier alpha value is -2.97. The van der Waals surface area contributed by atoms with E-state index in [0.29, 0.717) is 18.1 Å². The molecule has 0 saturated carbocycles. The number of ether oxygens (including phenoxy) is 2. The van der Waals surface area contributed by atoms with Crippen LogP contribution in [0, 0.1) is 11.7 Å². The van der Waals surface area contributed by atoms with Gasteiger partial charge in [-0.1, -0.05) is 38.0 Å². The van der Waals surface area contributed by atoms with Gasteiger partial charge in [-0.25, -0.2) is 4.39 Å². The summed E-state index contributed by atoms with van der Waals surface area (Å²) in [6.45, 7) is 2.14. The first-order valence-electron chi connectivity index (χ1n) is 10.8. The fourth-order valence-corrected chi connectivity index (χ4v) is 3.84. The predicted octanol–water partition coefficient (Wildman–Crippen LogP) is 8.69. The third-order valence-corrected chi connectivity index (χ3v) is 5.48. The van der Waals surface area contributed by atoms with E-state index in [9.17, 15) is 30.7 Å². The fourth-order valence-electron chi connectivity index (χ4n) is 3.84. The molecule has 1 aliphatic carbocycles. The van der Waals surface area contributed by atoms with Gasteiger partial charge in [0.2, 0.25) is 0 Å². The van der Waals surface area contributed by atoms with Crippen LogP contribution in [0.4, 0.5) is 30.7 Å². The minimum Gasteiger partial charge on any atom is -0.429 e. The van der Waals surface area contributed by atoms with Gasteiger partial charge in [-0.2, -0.15) is 26.3 Å². The standard InChI is InChI=1S/C25H23F7O2/c1-2-3-16-4-6-17(7-5-16)18-8-10-19(11-9-18)25(31,32)33-20-12-13-22(21(26)14-20)34-24(29,30)15-23(27)28/h6,8-16H,2-5,7H2,1H3. The van der Waals surface area contributed by atoms with E-state index < -0.39 is 47.3 Å². The van der Waals surface area contributed by atoms with E-state index in [0.717, 1.165) is 49.3 Å². The van der Waals surface area contributed by atoms with E-state index in [1.54, 1.807) is 12.1 Å². The average molecular weight is 488 g/mol. The normalized spacial score (nSPS) is 16.6. The van der Waals surface area contributed by atoms with Crippen molar-refractivity contribution in [2.45, 2.75) is 51.2 Å². The Balaban J connectivity index is 1.69. The van der Waals surface area contributed by atoms with Crippen molar-refractivity contribution in [3.8, 4) is 11.5 Å². The summed E-state index contributed by atoms with van der Waals surface area (Å²) in [6, 6.07) is 7.31. The first-order chi connectivity index (χ1) is 16.0. The van der Waals surface area contributed by atoms with Crippen molar-refractivity contribution < 1.29 is 40.2 Å². The summed E-state index contributed by atoms with van der Waals surface area (Å²) >= 11 is 0. The van der Waals surface area contributed by atoms with E-state index in [4.69, 9.17) is 0 Å². The van der Waals surface area contributed by atoms with Crippen LogP contribution in [0.2, 0.25) is 0 Å². The van der Waals surface area contributed by atoms with E-state index in [1.165, 1.54) is 12.1 Å². The lowest BCUT2D eigenvalue weighted by Crippen LogP contribution is -2.23. The SMILES string of the molecule is CCCC1CC=C(c2ccc(C(F)(F)Oc3ccc(OC(F)(F)C=C(F)F)c(F)c3)cc2)CC1. The minimum atomic E-state index is -4.49. The van der Waals surface area contributed by atoms with Gasteiger partial charge in [0.05, 0.1) is 11.6 Å². The molecule has 0 bridgehead atoms. The molecule has 0 fully saturated rings. The molecule has 0 radical (unpaired) electrons. The van der Waals surface area contributed by atoms with Gasteiger partial charge in [-0.15, -0.1) is 0 Å². The third-order valence-electron chi connectivity index (χ3n) is 5.48. The molecule has 0 heterocycles. The number of hydrogen-bond donors (Lipinski definition) is 0. The van der Waals surface area contributed by atoms with Gasteiger partial charge in [-0.3, -0.25) is 0 Å². The summed E-state index contributed by atoms with van der Waals surface area (Å²) in [5.74, 6) is -2.60. The highest BCUT2D eigenvalue weighted by Gasteiger charge is 2.36. The zero-order chi connectivity index (χ0) is 24.9. The van der Waals surface area contributed by atoms with Gasteiger partial charge < -0.3 is 9.47 Å². The molecule has 34 heavy (non-hydrogen) atoms. The minimum absolute atomic E-state index is 0.406. The molecule has 0 spiro atoms. The highest BCUT2D eigenvalue weighted by Crippen LogP contribution is 2.37. The van der Waals surface area contributed by atoms with Crippen LogP contribution >= 0.6 is 0 Å². The Morgan fingerprint density at radius 1 is 1.03 bits per heavy atom. The van der Waals surface area contributed by atoms with Crippen molar-refractivity contribution in [3.63, 3.8) is 0 Å². The van der Waals surface area contributed by atoms with Crippen molar-refractivity contribution >= 4 is 5.57 Å². The maximum Gasteiger partial charge on any atom is 0.426 e. The van der Waals surface area contributed by atoms with Crippen molar-refractivity contribution in [2.75, 3.05) is 0 Å². The molecule has 1 atom stereocenters. The Morgan fingerprint density at radius 3 is 2.29 bits per heavy atom. The summed E-state index contributed by atoms with van der Waals surface area (Å²) < 4.78 is 102. The molecule has 2 nitrogen and oxygen atoms in total. The molecule has 9 heteroatoms. The number of halogens is 7. The lowest BCUT2D eigenvalue weighted by molar-refractivity contribution is -0.185. The van der Waals surface area contributed by atoms with Crippen molar-refractivity contribution in [3.05, 3.63) is 77.6 Å². The monoisotopic (exact) mass is 488 g/mol. The maximum atomic E-state index is 14.6. The van der Waals surface area contributed by atoms with Gasteiger partial charge in [0.25, 0.3) is 6.08 Å². The maximum absolute atomic E-state index is 14.6. The first kappa shape index (κ1) is 25.6. The van der Waals surface area contributed by atoms with Gasteiger partial charge in [0, 0.05) is 6.07 Å². The molecule has 0 aromatic heterocycles. The quantitative estimate of drug-likeness (QED) is 0.329. The summed E-state index contributed by atoms with van der Waals surface area (Å²) in [4.78, 5) is 0. The van der Waals surface area contributed by atoms with E-state index in [-0.39, 0.29) is 0 Å². The van der Waals surface area contributed by atoms with Crippen LogP contribution in [0.1, 0.15) is 50.2 Å². The molecule has 0 amide bonds. The van der Waals surface area contributed by atoms with E-state index >= 15 is 0 Å². The van der Waals surface area contributed by atoms with Gasteiger partial charge in [-0.05, 0) is 60.6 Å². The van der Waals surface area contributed by atoms with Crippen LogP contribution in [0.5, 0.6) is 11.5 Å². The molecule has 0 saturated heterocycles. The molecule has 0 aliphatic heterocycles. The molecule has 3 rings (SSSR count). The van der Waals surface area contributed by atoms with Crippen molar-refractivity contribution in [2.24, 2.45) is 5.92 Å². The number of benzene rings is 2. The highest BCUT2D eigenvalue weighted by atomic mass is 19.3. The smallest absolute Gasteiger partial charge is 0.426 e. The zero-order valence-electron chi connectivity index (χ0n) is 18.3. The molecule has 1 aliphatic rings. The van der Waals surface area contributed by atoms with Crippen molar-refractivity contribution in [1.82, 2.24) is 0 Å². The first-order valence-corrected chi connectivity index (χ1v) is 10.8. The van der Waals surface area contributed by atoms with Gasteiger partial charge in [0.15, 0.2) is 11.6 Å². The van der Waals surface area contributed by atoms with Crippen LogP contribution in [-0.2, 0) is 6.11 Å². The summed E-state index contributed by atoms with van der Waals surface area (Å²) in [5.41, 5.74) is 1.45. The van der Waals surface area contributed by atoms with Crippen LogP contribution in [-0.4, -0.2) is 6.11 Å². The number of hydrogen-bond acceptors (Lipinski definition) is 2. The average Bonchev–Trinajstić information content (AvgIpc) is 2.75. The summed E-state index contributed by atoms with van der Waals surface area (Å²) in [5, 5.41) is 0. The van der Waals surface area contributed by atoms with Crippen LogP contribution in [0.25, 0.3) is 5.57 Å². The fraction of sp³-hybridized carbons (Fsp3) is 0.360. The van der Waals surface area contributed by atoms with Gasteiger partial charge >= 0.3 is 12.2 Å².